The van der Waals surface area contributed by atoms with Gasteiger partial charge in [-0.1, -0.05) is 6.92 Å². The van der Waals surface area contributed by atoms with E-state index in [4.69, 9.17) is 0 Å². The van der Waals surface area contributed by atoms with E-state index in [-0.39, 0.29) is 11.8 Å². The van der Waals surface area contributed by atoms with Crippen molar-refractivity contribution >= 4 is 39.5 Å². The molecule has 122 valence electrons. The fourth-order valence-electron chi connectivity index (χ4n) is 2.56. The highest BCUT2D eigenvalue weighted by Gasteiger charge is 2.28. The second-order valence-electron chi connectivity index (χ2n) is 5.84. The molecule has 0 unspecified atom stereocenters. The topological polar surface area (TPSA) is 58.2 Å². The Labute approximate surface area is 143 Å². The summed E-state index contributed by atoms with van der Waals surface area (Å²) in [6, 6.07) is 2.17. The van der Waals surface area contributed by atoms with E-state index in [0.717, 1.165) is 34.6 Å². The van der Waals surface area contributed by atoms with Gasteiger partial charge in [0.1, 0.15) is 5.00 Å². The Hall–Kier alpha value is -1.66. The van der Waals surface area contributed by atoms with Crippen molar-refractivity contribution in [1.29, 1.82) is 0 Å². The molecule has 0 radical (unpaired) electrons. The quantitative estimate of drug-likeness (QED) is 0.853. The van der Waals surface area contributed by atoms with Crippen LogP contribution in [0.2, 0.25) is 0 Å². The molecule has 2 N–H and O–H groups in total. The summed E-state index contributed by atoms with van der Waals surface area (Å²) in [5, 5.41) is 8.47. The molecule has 1 fully saturated rings. The molecular weight excluding hydrogens is 328 g/mol. The molecule has 6 heteroatoms. The van der Waals surface area contributed by atoms with E-state index in [1.807, 2.05) is 32.2 Å². The summed E-state index contributed by atoms with van der Waals surface area (Å²) in [5.41, 5.74) is 2.32. The summed E-state index contributed by atoms with van der Waals surface area (Å²) in [6.07, 6.45) is 2.88. The van der Waals surface area contributed by atoms with Gasteiger partial charge in [-0.05, 0) is 44.7 Å². The average Bonchev–Trinajstić information content (AvgIpc) is 3.10. The largest absolute Gasteiger partial charge is 0.349 e. The van der Waals surface area contributed by atoms with E-state index in [0.29, 0.717) is 22.2 Å². The Bertz CT molecular complexity index is 757. The number of carbonyl (C=O) groups is 2. The number of thiophene rings is 2. The lowest BCUT2D eigenvalue weighted by molar-refractivity contribution is 0.0951. The maximum absolute atomic E-state index is 12.6. The second-order valence-corrected chi connectivity index (χ2v) is 8.18. The zero-order valence-corrected chi connectivity index (χ0v) is 15.1. The van der Waals surface area contributed by atoms with Crippen molar-refractivity contribution in [3.63, 3.8) is 0 Å². The minimum Gasteiger partial charge on any atom is -0.349 e. The number of carbonyl (C=O) groups excluding carboxylic acids is 2. The van der Waals surface area contributed by atoms with Crippen molar-refractivity contribution in [2.45, 2.75) is 46.1 Å². The highest BCUT2D eigenvalue weighted by atomic mass is 32.1. The van der Waals surface area contributed by atoms with Crippen LogP contribution < -0.4 is 10.6 Å². The predicted molar refractivity (Wildman–Crippen MR) is 95.9 cm³/mol. The van der Waals surface area contributed by atoms with Crippen molar-refractivity contribution in [3.05, 3.63) is 37.9 Å². The first kappa shape index (κ1) is 16.2. The monoisotopic (exact) mass is 348 g/mol. The Kier molecular flexibility index (Phi) is 4.55. The molecule has 0 aliphatic heterocycles. The zero-order valence-electron chi connectivity index (χ0n) is 13.5. The van der Waals surface area contributed by atoms with E-state index < -0.39 is 0 Å². The minimum atomic E-state index is -0.154. The molecule has 0 bridgehead atoms. The number of aryl methyl sites for hydroxylation is 2. The van der Waals surface area contributed by atoms with Crippen LogP contribution in [-0.4, -0.2) is 17.9 Å². The number of anilines is 1. The summed E-state index contributed by atoms with van der Waals surface area (Å²) in [5.74, 6) is -0.218. The molecule has 2 heterocycles. The van der Waals surface area contributed by atoms with Gasteiger partial charge in [-0.15, -0.1) is 22.7 Å². The van der Waals surface area contributed by atoms with Crippen LogP contribution in [0.1, 0.15) is 55.8 Å². The summed E-state index contributed by atoms with van der Waals surface area (Å²) >= 11 is 3.03. The molecule has 2 aromatic heterocycles. The number of hydrogen-bond donors (Lipinski definition) is 2. The lowest BCUT2D eigenvalue weighted by Gasteiger charge is -2.08. The van der Waals surface area contributed by atoms with E-state index in [2.05, 4.69) is 10.6 Å². The van der Waals surface area contributed by atoms with Crippen LogP contribution in [0.4, 0.5) is 5.00 Å². The molecule has 2 amide bonds. The number of amides is 2. The standard InChI is InChI=1S/C17H20N2O2S2/c1-4-13-10(3)23-17(14(13)16(21)18-12-5-6-12)19-15(20)11-7-9(2)22-8-11/h7-8,12H,4-6H2,1-3H3,(H,18,21)(H,19,20). The van der Waals surface area contributed by atoms with Crippen LogP contribution in [0.25, 0.3) is 0 Å². The van der Waals surface area contributed by atoms with Gasteiger partial charge >= 0.3 is 0 Å². The maximum Gasteiger partial charge on any atom is 0.257 e. The molecule has 0 atom stereocenters. The third-order valence-corrected chi connectivity index (χ3v) is 5.85. The SMILES string of the molecule is CCc1c(C)sc(NC(=O)c2csc(C)c2)c1C(=O)NC1CC1. The van der Waals surface area contributed by atoms with Gasteiger partial charge in [0, 0.05) is 21.2 Å². The van der Waals surface area contributed by atoms with Crippen LogP contribution in [0.15, 0.2) is 11.4 Å². The summed E-state index contributed by atoms with van der Waals surface area (Å²) < 4.78 is 0. The van der Waals surface area contributed by atoms with Crippen LogP contribution in [0.5, 0.6) is 0 Å². The molecule has 3 rings (SSSR count). The lowest BCUT2D eigenvalue weighted by atomic mass is 10.1. The number of rotatable bonds is 5. The highest BCUT2D eigenvalue weighted by molar-refractivity contribution is 7.17. The molecule has 0 saturated heterocycles. The Balaban J connectivity index is 1.88. The smallest absolute Gasteiger partial charge is 0.257 e. The van der Waals surface area contributed by atoms with Crippen LogP contribution >= 0.6 is 22.7 Å². The van der Waals surface area contributed by atoms with Crippen LogP contribution in [-0.2, 0) is 6.42 Å². The van der Waals surface area contributed by atoms with Gasteiger partial charge in [0.15, 0.2) is 0 Å². The fraction of sp³-hybridized carbons (Fsp3) is 0.412. The van der Waals surface area contributed by atoms with Crippen molar-refractivity contribution < 1.29 is 9.59 Å². The van der Waals surface area contributed by atoms with Gasteiger partial charge in [0.25, 0.3) is 11.8 Å². The van der Waals surface area contributed by atoms with Crippen LogP contribution in [0.3, 0.4) is 0 Å². The van der Waals surface area contributed by atoms with E-state index in [1.54, 1.807) is 11.3 Å². The van der Waals surface area contributed by atoms with Gasteiger partial charge in [-0.3, -0.25) is 9.59 Å². The normalized spacial score (nSPS) is 13.9. The van der Waals surface area contributed by atoms with E-state index in [1.165, 1.54) is 11.3 Å². The number of hydrogen-bond acceptors (Lipinski definition) is 4. The van der Waals surface area contributed by atoms with Gasteiger partial charge < -0.3 is 10.6 Å². The zero-order chi connectivity index (χ0) is 16.6. The molecule has 1 saturated carbocycles. The number of nitrogens with one attached hydrogen (secondary N) is 2. The fourth-order valence-corrected chi connectivity index (χ4v) is 4.38. The molecule has 0 spiro atoms. The Morgan fingerprint density at radius 3 is 2.57 bits per heavy atom. The lowest BCUT2D eigenvalue weighted by Crippen LogP contribution is -2.27. The summed E-state index contributed by atoms with van der Waals surface area (Å²) in [6.45, 7) is 6.01. The molecule has 23 heavy (non-hydrogen) atoms. The average molecular weight is 348 g/mol. The maximum atomic E-state index is 12.6. The van der Waals surface area contributed by atoms with Crippen molar-refractivity contribution in [3.8, 4) is 0 Å². The van der Waals surface area contributed by atoms with Crippen LogP contribution in [0, 0.1) is 13.8 Å². The molecule has 4 nitrogen and oxygen atoms in total. The summed E-state index contributed by atoms with van der Waals surface area (Å²) in [4.78, 5) is 27.2. The highest BCUT2D eigenvalue weighted by Crippen LogP contribution is 2.34. The van der Waals surface area contributed by atoms with Gasteiger partial charge in [0.05, 0.1) is 11.1 Å². The second kappa shape index (κ2) is 6.45. The molecule has 0 aromatic carbocycles. The predicted octanol–water partition coefficient (Wildman–Crippen LogP) is 4.13. The first-order valence-corrected chi connectivity index (χ1v) is 9.48. The van der Waals surface area contributed by atoms with E-state index in [9.17, 15) is 9.59 Å². The molecule has 2 aromatic rings. The van der Waals surface area contributed by atoms with Crippen molar-refractivity contribution in [2.24, 2.45) is 0 Å². The van der Waals surface area contributed by atoms with Gasteiger partial charge in [0.2, 0.25) is 0 Å². The first-order chi connectivity index (χ1) is 11.0. The third-order valence-electron chi connectivity index (χ3n) is 3.92. The van der Waals surface area contributed by atoms with Gasteiger partial charge in [-0.2, -0.15) is 0 Å². The van der Waals surface area contributed by atoms with Crippen molar-refractivity contribution in [2.75, 3.05) is 5.32 Å². The Morgan fingerprint density at radius 2 is 2.00 bits per heavy atom. The first-order valence-electron chi connectivity index (χ1n) is 7.79. The minimum absolute atomic E-state index is 0.0644. The van der Waals surface area contributed by atoms with Gasteiger partial charge in [-0.25, -0.2) is 0 Å². The van der Waals surface area contributed by atoms with Crippen molar-refractivity contribution in [1.82, 2.24) is 5.32 Å². The summed E-state index contributed by atoms with van der Waals surface area (Å²) in [7, 11) is 0. The third kappa shape index (κ3) is 3.48. The Morgan fingerprint density at radius 1 is 1.26 bits per heavy atom. The molecule has 1 aliphatic rings. The molecule has 1 aliphatic carbocycles. The van der Waals surface area contributed by atoms with E-state index >= 15 is 0 Å². The molecular formula is C17H20N2O2S2.